The molecule has 0 atom stereocenters. The lowest BCUT2D eigenvalue weighted by Gasteiger charge is -2.24. The Morgan fingerprint density at radius 3 is 2.50 bits per heavy atom. The summed E-state index contributed by atoms with van der Waals surface area (Å²) in [7, 11) is 0. The Balaban J connectivity index is 2.61. The van der Waals surface area contributed by atoms with Crippen LogP contribution in [0.25, 0.3) is 0 Å². The van der Waals surface area contributed by atoms with Crippen LogP contribution in [-0.4, -0.2) is 13.0 Å². The minimum atomic E-state index is 0.122. The molecule has 0 unspecified atom stereocenters. The summed E-state index contributed by atoms with van der Waals surface area (Å²) in [5.74, 6) is 0. The zero-order valence-electron chi connectivity index (χ0n) is 8.79. The molecular formula is C12H17NO. The molecule has 1 rings (SSSR count). The summed E-state index contributed by atoms with van der Waals surface area (Å²) in [6, 6.07) is 10.4. The summed E-state index contributed by atoms with van der Waals surface area (Å²) in [5, 5.41) is 2.69. The van der Waals surface area contributed by atoms with Gasteiger partial charge in [-0.2, -0.15) is 0 Å². The monoisotopic (exact) mass is 191 g/mol. The molecule has 1 N–H and O–H groups in total. The third kappa shape index (κ3) is 2.87. The zero-order valence-corrected chi connectivity index (χ0v) is 8.79. The number of benzene rings is 1. The third-order valence-corrected chi connectivity index (χ3v) is 2.53. The fourth-order valence-electron chi connectivity index (χ4n) is 1.48. The van der Waals surface area contributed by atoms with Gasteiger partial charge < -0.3 is 5.32 Å². The van der Waals surface area contributed by atoms with Crippen molar-refractivity contribution in [1.29, 1.82) is 0 Å². The summed E-state index contributed by atoms with van der Waals surface area (Å²) in [6.45, 7) is 5.11. The van der Waals surface area contributed by atoms with Crippen LogP contribution in [0.2, 0.25) is 0 Å². The normalized spacial score (nSPS) is 11.0. The van der Waals surface area contributed by atoms with Crippen molar-refractivity contribution in [3.05, 3.63) is 35.9 Å². The Kier molecular flexibility index (Phi) is 3.69. The van der Waals surface area contributed by atoms with E-state index in [2.05, 4.69) is 31.3 Å². The Bertz CT molecular complexity index is 280. The molecular weight excluding hydrogens is 174 g/mol. The average Bonchev–Trinajstić information content (AvgIpc) is 2.19. The van der Waals surface area contributed by atoms with Crippen LogP contribution in [0.5, 0.6) is 0 Å². The van der Waals surface area contributed by atoms with Gasteiger partial charge in [0.15, 0.2) is 0 Å². The smallest absolute Gasteiger partial charge is 0.207 e. The molecule has 0 aliphatic rings. The van der Waals surface area contributed by atoms with Crippen LogP contribution in [0.15, 0.2) is 30.3 Å². The van der Waals surface area contributed by atoms with Crippen LogP contribution >= 0.6 is 0 Å². The van der Waals surface area contributed by atoms with E-state index in [-0.39, 0.29) is 5.41 Å². The van der Waals surface area contributed by atoms with E-state index in [4.69, 9.17) is 0 Å². The summed E-state index contributed by atoms with van der Waals surface area (Å²) in [6.07, 6.45) is 1.71. The molecule has 0 saturated carbocycles. The maximum atomic E-state index is 10.1. The van der Waals surface area contributed by atoms with Crippen molar-refractivity contribution in [1.82, 2.24) is 5.32 Å². The second kappa shape index (κ2) is 4.80. The van der Waals surface area contributed by atoms with E-state index in [1.54, 1.807) is 0 Å². The first-order chi connectivity index (χ1) is 6.67. The summed E-state index contributed by atoms with van der Waals surface area (Å²) < 4.78 is 0. The highest BCUT2D eigenvalue weighted by molar-refractivity contribution is 5.45. The Morgan fingerprint density at radius 2 is 1.93 bits per heavy atom. The number of rotatable bonds is 5. The highest BCUT2D eigenvalue weighted by atomic mass is 16.1. The van der Waals surface area contributed by atoms with Gasteiger partial charge in [-0.1, -0.05) is 44.2 Å². The lowest BCUT2D eigenvalue weighted by Crippen LogP contribution is -2.24. The molecule has 0 fully saturated rings. The van der Waals surface area contributed by atoms with Gasteiger partial charge in [0.1, 0.15) is 0 Å². The number of carbonyl (C=O) groups is 1. The van der Waals surface area contributed by atoms with Gasteiger partial charge in [0.05, 0.1) is 0 Å². The van der Waals surface area contributed by atoms with Gasteiger partial charge >= 0.3 is 0 Å². The molecule has 0 bridgehead atoms. The van der Waals surface area contributed by atoms with Crippen LogP contribution in [0.1, 0.15) is 25.8 Å². The molecule has 1 amide bonds. The second-order valence-electron chi connectivity index (χ2n) is 4.07. The molecule has 76 valence electrons. The molecule has 0 heterocycles. The van der Waals surface area contributed by atoms with Gasteiger partial charge in [-0.3, -0.25) is 4.79 Å². The number of carbonyl (C=O) groups excluding carboxylic acids is 1. The van der Waals surface area contributed by atoms with Crippen molar-refractivity contribution in [3.63, 3.8) is 0 Å². The third-order valence-electron chi connectivity index (χ3n) is 2.53. The molecule has 2 heteroatoms. The number of hydrogen-bond donors (Lipinski definition) is 1. The van der Waals surface area contributed by atoms with Gasteiger partial charge in [0.2, 0.25) is 6.41 Å². The number of nitrogens with one attached hydrogen (secondary N) is 1. The largest absolute Gasteiger partial charge is 0.359 e. The van der Waals surface area contributed by atoms with Crippen molar-refractivity contribution in [2.75, 3.05) is 6.54 Å². The molecule has 0 spiro atoms. The first kappa shape index (κ1) is 10.8. The molecule has 14 heavy (non-hydrogen) atoms. The SMILES string of the molecule is CC(C)(CCNC=O)c1ccccc1. The summed E-state index contributed by atoms with van der Waals surface area (Å²) in [4.78, 5) is 10.1. The Morgan fingerprint density at radius 1 is 1.29 bits per heavy atom. The van der Waals surface area contributed by atoms with Crippen LogP contribution in [0, 0.1) is 0 Å². The molecule has 1 aromatic carbocycles. The molecule has 0 aromatic heterocycles. The van der Waals surface area contributed by atoms with E-state index in [0.717, 1.165) is 19.4 Å². The van der Waals surface area contributed by atoms with Gasteiger partial charge in [0, 0.05) is 6.54 Å². The van der Waals surface area contributed by atoms with Crippen LogP contribution in [0.4, 0.5) is 0 Å². The lowest BCUT2D eigenvalue weighted by molar-refractivity contribution is -0.109. The van der Waals surface area contributed by atoms with E-state index in [9.17, 15) is 4.79 Å². The topological polar surface area (TPSA) is 29.1 Å². The number of amides is 1. The quantitative estimate of drug-likeness (QED) is 0.560. The predicted molar refractivity (Wildman–Crippen MR) is 58.2 cm³/mol. The van der Waals surface area contributed by atoms with Crippen LogP contribution in [-0.2, 0) is 10.2 Å². The first-order valence-corrected chi connectivity index (χ1v) is 4.89. The molecule has 0 radical (unpaired) electrons. The Labute approximate surface area is 85.3 Å². The van der Waals surface area contributed by atoms with Gasteiger partial charge in [-0.05, 0) is 17.4 Å². The maximum absolute atomic E-state index is 10.1. The highest BCUT2D eigenvalue weighted by Gasteiger charge is 2.19. The Hall–Kier alpha value is -1.31. The second-order valence-corrected chi connectivity index (χ2v) is 4.07. The lowest BCUT2D eigenvalue weighted by atomic mass is 9.82. The standard InChI is InChI=1S/C12H17NO/c1-12(2,8-9-13-10-14)11-6-4-3-5-7-11/h3-7,10H,8-9H2,1-2H3,(H,13,14). The van der Waals surface area contributed by atoms with E-state index >= 15 is 0 Å². The predicted octanol–water partition coefficient (Wildman–Crippen LogP) is 2.10. The van der Waals surface area contributed by atoms with Gasteiger partial charge in [0.25, 0.3) is 0 Å². The van der Waals surface area contributed by atoms with E-state index in [1.165, 1.54) is 5.56 Å². The van der Waals surface area contributed by atoms with Crippen LogP contribution < -0.4 is 5.32 Å². The van der Waals surface area contributed by atoms with Crippen LogP contribution in [0.3, 0.4) is 0 Å². The minimum absolute atomic E-state index is 0.122. The fraction of sp³-hybridized carbons (Fsp3) is 0.417. The highest BCUT2D eigenvalue weighted by Crippen LogP contribution is 2.25. The molecule has 2 nitrogen and oxygen atoms in total. The summed E-state index contributed by atoms with van der Waals surface area (Å²) >= 11 is 0. The minimum Gasteiger partial charge on any atom is -0.359 e. The van der Waals surface area contributed by atoms with E-state index < -0.39 is 0 Å². The van der Waals surface area contributed by atoms with Gasteiger partial charge in [-0.25, -0.2) is 0 Å². The number of hydrogen-bond acceptors (Lipinski definition) is 1. The molecule has 0 aliphatic carbocycles. The zero-order chi connectivity index (χ0) is 10.4. The molecule has 0 aliphatic heterocycles. The van der Waals surface area contributed by atoms with Crippen molar-refractivity contribution in [2.24, 2.45) is 0 Å². The van der Waals surface area contributed by atoms with Crippen molar-refractivity contribution in [3.8, 4) is 0 Å². The summed E-state index contributed by atoms with van der Waals surface area (Å²) in [5.41, 5.74) is 1.43. The average molecular weight is 191 g/mol. The van der Waals surface area contributed by atoms with E-state index in [1.807, 2.05) is 18.2 Å². The van der Waals surface area contributed by atoms with Crippen molar-refractivity contribution < 1.29 is 4.79 Å². The van der Waals surface area contributed by atoms with Crippen molar-refractivity contribution >= 4 is 6.41 Å². The maximum Gasteiger partial charge on any atom is 0.207 e. The molecule has 0 saturated heterocycles. The van der Waals surface area contributed by atoms with Gasteiger partial charge in [-0.15, -0.1) is 0 Å². The van der Waals surface area contributed by atoms with Crippen molar-refractivity contribution in [2.45, 2.75) is 25.7 Å². The van der Waals surface area contributed by atoms with E-state index in [0.29, 0.717) is 0 Å². The first-order valence-electron chi connectivity index (χ1n) is 4.89. The fourth-order valence-corrected chi connectivity index (χ4v) is 1.48. The molecule has 1 aromatic rings.